The van der Waals surface area contributed by atoms with Crippen molar-refractivity contribution in [3.63, 3.8) is 0 Å². The first-order chi connectivity index (χ1) is 5.29. The van der Waals surface area contributed by atoms with Gasteiger partial charge in [0, 0.05) is 6.04 Å². The Kier molecular flexibility index (Phi) is 3.87. The van der Waals surface area contributed by atoms with Crippen LogP contribution in [0.1, 0.15) is 32.6 Å². The van der Waals surface area contributed by atoms with E-state index in [9.17, 15) is 0 Å². The van der Waals surface area contributed by atoms with Gasteiger partial charge in [-0.2, -0.15) is 0 Å². The second-order valence-corrected chi connectivity index (χ2v) is 3.67. The van der Waals surface area contributed by atoms with Gasteiger partial charge in [0.25, 0.3) is 0 Å². The van der Waals surface area contributed by atoms with Crippen LogP contribution in [0.4, 0.5) is 0 Å². The lowest BCUT2D eigenvalue weighted by Gasteiger charge is -2.26. The molecule has 1 fully saturated rings. The molecule has 1 aliphatic rings. The fourth-order valence-corrected chi connectivity index (χ4v) is 1.57. The zero-order valence-corrected chi connectivity index (χ0v) is 7.55. The second kappa shape index (κ2) is 4.73. The van der Waals surface area contributed by atoms with Crippen LogP contribution in [-0.4, -0.2) is 30.6 Å². The van der Waals surface area contributed by atoms with Crippen LogP contribution in [-0.2, 0) is 0 Å². The normalized spacial score (nSPS) is 23.5. The number of nitrogens with two attached hydrogens (primary N) is 1. The largest absolute Gasteiger partial charge is 0.328 e. The molecule has 1 saturated heterocycles. The highest BCUT2D eigenvalue weighted by Crippen LogP contribution is 2.08. The first-order valence-corrected chi connectivity index (χ1v) is 4.77. The molecule has 11 heavy (non-hydrogen) atoms. The van der Waals surface area contributed by atoms with Crippen molar-refractivity contribution >= 4 is 0 Å². The molecule has 2 heteroatoms. The van der Waals surface area contributed by atoms with Crippen LogP contribution in [0.25, 0.3) is 0 Å². The summed E-state index contributed by atoms with van der Waals surface area (Å²) in [6.45, 7) is 5.89. The van der Waals surface area contributed by atoms with Gasteiger partial charge in [-0.25, -0.2) is 0 Å². The molecule has 0 aromatic heterocycles. The van der Waals surface area contributed by atoms with E-state index >= 15 is 0 Å². The second-order valence-electron chi connectivity index (χ2n) is 3.67. The lowest BCUT2D eigenvalue weighted by Crippen LogP contribution is -2.33. The number of rotatable bonds is 3. The number of piperidine rings is 1. The van der Waals surface area contributed by atoms with Gasteiger partial charge in [0.15, 0.2) is 0 Å². The van der Waals surface area contributed by atoms with E-state index in [2.05, 4.69) is 11.8 Å². The van der Waals surface area contributed by atoms with Crippen molar-refractivity contribution in [2.45, 2.75) is 38.6 Å². The monoisotopic (exact) mass is 156 g/mol. The summed E-state index contributed by atoms with van der Waals surface area (Å²) in [6, 6.07) is 0.372. The van der Waals surface area contributed by atoms with Crippen molar-refractivity contribution in [2.24, 2.45) is 5.73 Å². The Bertz CT molecular complexity index is 95.7. The molecule has 0 radical (unpaired) electrons. The Morgan fingerprint density at radius 1 is 1.27 bits per heavy atom. The molecule has 66 valence electrons. The van der Waals surface area contributed by atoms with Crippen LogP contribution in [0.3, 0.4) is 0 Å². The minimum absolute atomic E-state index is 0.372. The zero-order chi connectivity index (χ0) is 8.10. The van der Waals surface area contributed by atoms with Crippen molar-refractivity contribution in [3.05, 3.63) is 0 Å². The molecule has 0 amide bonds. The van der Waals surface area contributed by atoms with E-state index in [0.29, 0.717) is 6.04 Å². The molecule has 1 aliphatic heterocycles. The molecule has 2 nitrogen and oxygen atoms in total. The van der Waals surface area contributed by atoms with Gasteiger partial charge in [0.1, 0.15) is 0 Å². The average Bonchev–Trinajstić information content (AvgIpc) is 2.03. The SMILES string of the molecule is C[C@@H](N)CCN1CCCCC1. The van der Waals surface area contributed by atoms with Gasteiger partial charge in [-0.05, 0) is 45.8 Å². The lowest BCUT2D eigenvalue weighted by molar-refractivity contribution is 0.222. The van der Waals surface area contributed by atoms with Crippen LogP contribution in [0.15, 0.2) is 0 Å². The Labute approximate surface area is 69.8 Å². The minimum Gasteiger partial charge on any atom is -0.328 e. The molecular weight excluding hydrogens is 136 g/mol. The van der Waals surface area contributed by atoms with E-state index in [1.165, 1.54) is 38.9 Å². The quantitative estimate of drug-likeness (QED) is 0.665. The molecule has 0 aliphatic carbocycles. The lowest BCUT2D eigenvalue weighted by atomic mass is 10.1. The van der Waals surface area contributed by atoms with Gasteiger partial charge < -0.3 is 10.6 Å². The Balaban J connectivity index is 2.05. The molecule has 1 atom stereocenters. The highest BCUT2D eigenvalue weighted by Gasteiger charge is 2.09. The van der Waals surface area contributed by atoms with Crippen LogP contribution in [0.2, 0.25) is 0 Å². The summed E-state index contributed by atoms with van der Waals surface area (Å²) in [5.74, 6) is 0. The molecular formula is C9H20N2. The van der Waals surface area contributed by atoms with Crippen molar-refractivity contribution < 1.29 is 0 Å². The van der Waals surface area contributed by atoms with Crippen LogP contribution >= 0.6 is 0 Å². The topological polar surface area (TPSA) is 29.3 Å². The summed E-state index contributed by atoms with van der Waals surface area (Å²) in [4.78, 5) is 2.53. The number of hydrogen-bond donors (Lipinski definition) is 1. The first-order valence-electron chi connectivity index (χ1n) is 4.77. The maximum atomic E-state index is 5.68. The summed E-state index contributed by atoms with van der Waals surface area (Å²) in [5, 5.41) is 0. The molecule has 0 spiro atoms. The fraction of sp³-hybridized carbons (Fsp3) is 1.00. The van der Waals surface area contributed by atoms with Crippen molar-refractivity contribution in [3.8, 4) is 0 Å². The van der Waals surface area contributed by atoms with Gasteiger partial charge in [-0.1, -0.05) is 6.42 Å². The summed E-state index contributed by atoms with van der Waals surface area (Å²) in [5.41, 5.74) is 5.68. The third-order valence-electron chi connectivity index (χ3n) is 2.35. The van der Waals surface area contributed by atoms with Crippen LogP contribution in [0, 0.1) is 0 Å². The van der Waals surface area contributed by atoms with E-state index in [1.54, 1.807) is 0 Å². The zero-order valence-electron chi connectivity index (χ0n) is 7.55. The molecule has 0 aromatic carbocycles. The molecule has 0 unspecified atom stereocenters. The van der Waals surface area contributed by atoms with E-state index in [0.717, 1.165) is 6.42 Å². The standard InChI is InChI=1S/C9H20N2/c1-9(10)5-8-11-6-3-2-4-7-11/h9H,2-8,10H2,1H3/t9-/m1/s1. The molecule has 0 bridgehead atoms. The van der Waals surface area contributed by atoms with Gasteiger partial charge in [0.05, 0.1) is 0 Å². The summed E-state index contributed by atoms with van der Waals surface area (Å²) < 4.78 is 0. The predicted molar refractivity (Wildman–Crippen MR) is 48.6 cm³/mol. The van der Waals surface area contributed by atoms with Gasteiger partial charge in [-0.15, -0.1) is 0 Å². The third kappa shape index (κ3) is 3.73. The molecule has 0 saturated carbocycles. The average molecular weight is 156 g/mol. The van der Waals surface area contributed by atoms with E-state index in [4.69, 9.17) is 5.73 Å². The third-order valence-corrected chi connectivity index (χ3v) is 2.35. The Hall–Kier alpha value is -0.0800. The van der Waals surface area contributed by atoms with Crippen LogP contribution < -0.4 is 5.73 Å². The summed E-state index contributed by atoms with van der Waals surface area (Å²) in [6.07, 6.45) is 5.35. The predicted octanol–water partition coefficient (Wildman–Crippen LogP) is 1.21. The van der Waals surface area contributed by atoms with Gasteiger partial charge in [-0.3, -0.25) is 0 Å². The highest BCUT2D eigenvalue weighted by atomic mass is 15.1. The van der Waals surface area contributed by atoms with Gasteiger partial charge >= 0.3 is 0 Å². The molecule has 2 N–H and O–H groups in total. The summed E-state index contributed by atoms with van der Waals surface area (Å²) >= 11 is 0. The Morgan fingerprint density at radius 2 is 1.91 bits per heavy atom. The van der Waals surface area contributed by atoms with E-state index in [-0.39, 0.29) is 0 Å². The smallest absolute Gasteiger partial charge is 0.00226 e. The number of likely N-dealkylation sites (tertiary alicyclic amines) is 1. The van der Waals surface area contributed by atoms with Crippen LogP contribution in [0.5, 0.6) is 0 Å². The minimum atomic E-state index is 0.372. The van der Waals surface area contributed by atoms with Gasteiger partial charge in [0.2, 0.25) is 0 Å². The fourth-order valence-electron chi connectivity index (χ4n) is 1.57. The maximum absolute atomic E-state index is 5.68. The molecule has 0 aromatic rings. The van der Waals surface area contributed by atoms with Crippen molar-refractivity contribution in [2.75, 3.05) is 19.6 Å². The first kappa shape index (κ1) is 9.01. The molecule has 1 heterocycles. The van der Waals surface area contributed by atoms with E-state index < -0.39 is 0 Å². The number of nitrogens with zero attached hydrogens (tertiary/aromatic N) is 1. The van der Waals surface area contributed by atoms with Crippen molar-refractivity contribution in [1.29, 1.82) is 0 Å². The maximum Gasteiger partial charge on any atom is 0.00226 e. The number of hydrogen-bond acceptors (Lipinski definition) is 2. The van der Waals surface area contributed by atoms with Crippen molar-refractivity contribution in [1.82, 2.24) is 4.90 Å². The Morgan fingerprint density at radius 3 is 2.45 bits per heavy atom. The summed E-state index contributed by atoms with van der Waals surface area (Å²) in [7, 11) is 0. The van der Waals surface area contributed by atoms with E-state index in [1.807, 2.05) is 0 Å². The molecule has 1 rings (SSSR count). The highest BCUT2D eigenvalue weighted by molar-refractivity contribution is 4.66.